The number of fused-ring (bicyclic) bond motifs is 1. The third kappa shape index (κ3) is 2.97. The summed E-state index contributed by atoms with van der Waals surface area (Å²) in [6.07, 6.45) is 0. The monoisotopic (exact) mass is 272 g/mol. The van der Waals surface area contributed by atoms with Crippen LogP contribution >= 0.6 is 0 Å². The molecule has 0 unspecified atom stereocenters. The Morgan fingerprint density at radius 3 is 2.29 bits per heavy atom. The number of hydrogen-bond donors (Lipinski definition) is 0. The lowest BCUT2D eigenvalue weighted by atomic mass is 9.80. The van der Waals surface area contributed by atoms with Gasteiger partial charge in [-0.1, -0.05) is 60.7 Å². The zero-order chi connectivity index (χ0) is 14.7. The predicted octanol–water partition coefficient (Wildman–Crippen LogP) is 3.66. The van der Waals surface area contributed by atoms with Crippen LogP contribution in [0.2, 0.25) is 0 Å². The first kappa shape index (κ1) is 13.4. The molecule has 3 aromatic carbocycles. The molecule has 21 heavy (non-hydrogen) atoms. The van der Waals surface area contributed by atoms with Gasteiger partial charge in [0.1, 0.15) is 5.75 Å². The van der Waals surface area contributed by atoms with E-state index in [2.05, 4.69) is 0 Å². The molecule has 0 amide bonds. The fraction of sp³-hybridized carbons (Fsp3) is 0.0556. The van der Waals surface area contributed by atoms with Crippen molar-refractivity contribution in [1.82, 2.24) is 0 Å². The van der Waals surface area contributed by atoms with Crippen molar-refractivity contribution in [2.75, 3.05) is 0 Å². The van der Waals surface area contributed by atoms with Crippen LogP contribution in [0.4, 0.5) is 0 Å². The van der Waals surface area contributed by atoms with Crippen molar-refractivity contribution in [3.63, 3.8) is 0 Å². The van der Waals surface area contributed by atoms with Gasteiger partial charge >= 0.3 is 5.97 Å². The van der Waals surface area contributed by atoms with Crippen LogP contribution in [0.15, 0.2) is 72.8 Å². The second kappa shape index (κ2) is 5.84. The molecule has 0 aliphatic rings. The average molecular weight is 272 g/mol. The van der Waals surface area contributed by atoms with Gasteiger partial charge in [0.25, 0.3) is 0 Å². The van der Waals surface area contributed by atoms with Gasteiger partial charge in [-0.05, 0) is 28.5 Å². The molecule has 2 nitrogen and oxygen atoms in total. The molecule has 2 radical (unpaired) electrons. The molecule has 0 aromatic heterocycles. The highest BCUT2D eigenvalue weighted by Gasteiger charge is 2.17. The van der Waals surface area contributed by atoms with Crippen molar-refractivity contribution in [3.8, 4) is 5.75 Å². The van der Waals surface area contributed by atoms with Crippen molar-refractivity contribution in [1.29, 1.82) is 0 Å². The van der Waals surface area contributed by atoms with Crippen LogP contribution in [-0.4, -0.2) is 13.8 Å². The molecule has 0 saturated carbocycles. The summed E-state index contributed by atoms with van der Waals surface area (Å²) in [5.41, 5.74) is 0.745. The summed E-state index contributed by atoms with van der Waals surface area (Å²) in [6, 6.07) is 22.6. The number of benzene rings is 3. The van der Waals surface area contributed by atoms with Gasteiger partial charge in [-0.3, -0.25) is 4.79 Å². The van der Waals surface area contributed by atoms with E-state index in [1.54, 1.807) is 12.1 Å². The lowest BCUT2D eigenvalue weighted by Gasteiger charge is -2.12. The molecular formula is C18H13BO2. The van der Waals surface area contributed by atoms with Gasteiger partial charge in [0, 0.05) is 5.82 Å². The lowest BCUT2D eigenvalue weighted by Crippen LogP contribution is -2.18. The smallest absolute Gasteiger partial charge is 0.309 e. The maximum absolute atomic E-state index is 12.1. The Morgan fingerprint density at radius 1 is 0.857 bits per heavy atom. The number of carbonyl (C=O) groups excluding carboxylic acids is 1. The first-order valence-electron chi connectivity index (χ1n) is 6.75. The van der Waals surface area contributed by atoms with Gasteiger partial charge in [-0.15, -0.1) is 0 Å². The van der Waals surface area contributed by atoms with E-state index in [4.69, 9.17) is 12.6 Å². The number of para-hydroxylation sites is 1. The van der Waals surface area contributed by atoms with E-state index in [0.29, 0.717) is 5.75 Å². The third-order valence-corrected chi connectivity index (χ3v) is 3.35. The highest BCUT2D eigenvalue weighted by molar-refractivity contribution is 6.23. The Balaban J connectivity index is 1.82. The van der Waals surface area contributed by atoms with Crippen molar-refractivity contribution in [3.05, 3.63) is 78.4 Å². The molecule has 0 bridgehead atoms. The normalized spacial score (nSPS) is 12.0. The van der Waals surface area contributed by atoms with E-state index in [1.165, 1.54) is 0 Å². The minimum Gasteiger partial charge on any atom is -0.427 e. The Bertz CT molecular complexity index is 768. The van der Waals surface area contributed by atoms with E-state index in [0.717, 1.165) is 16.3 Å². The molecule has 0 N–H and O–H groups in total. The number of carbonyl (C=O) groups is 1. The maximum atomic E-state index is 12.1. The summed E-state index contributed by atoms with van der Waals surface area (Å²) >= 11 is 0. The fourth-order valence-electron chi connectivity index (χ4n) is 2.21. The average Bonchev–Trinajstić information content (AvgIpc) is 2.54. The van der Waals surface area contributed by atoms with E-state index in [1.807, 2.05) is 60.7 Å². The van der Waals surface area contributed by atoms with Crippen LogP contribution in [0.1, 0.15) is 11.4 Å². The van der Waals surface area contributed by atoms with Gasteiger partial charge in [-0.25, -0.2) is 0 Å². The van der Waals surface area contributed by atoms with Gasteiger partial charge in [0.05, 0.1) is 7.85 Å². The first-order valence-corrected chi connectivity index (χ1v) is 6.75. The van der Waals surface area contributed by atoms with Gasteiger partial charge in [0.15, 0.2) is 0 Å². The third-order valence-electron chi connectivity index (χ3n) is 3.35. The largest absolute Gasteiger partial charge is 0.427 e. The lowest BCUT2D eigenvalue weighted by molar-refractivity contribution is -0.134. The standard InChI is InChI=1S/C18H13BO2/c19-17(18(20)21-16-8-2-1-3-9-16)15-11-10-13-6-4-5-7-14(13)12-15/h1-12,17H/t17-/m1/s1. The highest BCUT2D eigenvalue weighted by atomic mass is 16.5. The number of ether oxygens (including phenoxy) is 1. The van der Waals surface area contributed by atoms with Crippen LogP contribution in [0.5, 0.6) is 5.75 Å². The van der Waals surface area contributed by atoms with E-state index >= 15 is 0 Å². The SMILES string of the molecule is [B][C@@H](C(=O)Oc1ccccc1)c1ccc2ccccc2c1. The quantitative estimate of drug-likeness (QED) is 0.413. The van der Waals surface area contributed by atoms with Crippen LogP contribution in [0, 0.1) is 0 Å². The van der Waals surface area contributed by atoms with Crippen molar-refractivity contribution in [2.24, 2.45) is 0 Å². The molecule has 3 rings (SSSR count). The number of hydrogen-bond acceptors (Lipinski definition) is 2. The molecule has 1 atom stereocenters. The van der Waals surface area contributed by atoms with Crippen LogP contribution in [0.3, 0.4) is 0 Å². The Kier molecular flexibility index (Phi) is 3.74. The van der Waals surface area contributed by atoms with Crippen molar-refractivity contribution in [2.45, 2.75) is 5.82 Å². The van der Waals surface area contributed by atoms with E-state index in [-0.39, 0.29) is 0 Å². The van der Waals surface area contributed by atoms with E-state index < -0.39 is 11.8 Å². The minimum atomic E-state index is -0.796. The minimum absolute atomic E-state index is 0.462. The molecule has 3 aromatic rings. The molecule has 0 spiro atoms. The fourth-order valence-corrected chi connectivity index (χ4v) is 2.21. The van der Waals surface area contributed by atoms with Crippen LogP contribution in [0.25, 0.3) is 10.8 Å². The van der Waals surface area contributed by atoms with Crippen molar-refractivity contribution < 1.29 is 9.53 Å². The summed E-state index contributed by atoms with van der Waals surface area (Å²) in [4.78, 5) is 12.1. The summed E-state index contributed by atoms with van der Waals surface area (Å²) in [5, 5.41) is 2.17. The van der Waals surface area contributed by atoms with Crippen LogP contribution < -0.4 is 4.74 Å². The molecule has 0 heterocycles. The Morgan fingerprint density at radius 2 is 1.52 bits per heavy atom. The first-order chi connectivity index (χ1) is 10.2. The molecule has 0 fully saturated rings. The second-order valence-corrected chi connectivity index (χ2v) is 4.82. The Labute approximate surface area is 124 Å². The van der Waals surface area contributed by atoms with E-state index in [9.17, 15) is 4.79 Å². The maximum Gasteiger partial charge on any atom is 0.309 e. The van der Waals surface area contributed by atoms with Crippen molar-refractivity contribution >= 4 is 24.6 Å². The van der Waals surface area contributed by atoms with Gasteiger partial charge < -0.3 is 4.74 Å². The zero-order valence-corrected chi connectivity index (χ0v) is 11.4. The summed E-state index contributed by atoms with van der Waals surface area (Å²) in [5.74, 6) is -0.759. The molecule has 0 saturated heterocycles. The topological polar surface area (TPSA) is 26.3 Å². The highest BCUT2D eigenvalue weighted by Crippen LogP contribution is 2.22. The Hall–Kier alpha value is -2.55. The molecule has 100 valence electrons. The molecule has 3 heteroatoms. The summed E-state index contributed by atoms with van der Waals surface area (Å²) in [7, 11) is 6.00. The van der Waals surface area contributed by atoms with Crippen LogP contribution in [-0.2, 0) is 4.79 Å². The summed E-state index contributed by atoms with van der Waals surface area (Å²) < 4.78 is 5.28. The predicted molar refractivity (Wildman–Crippen MR) is 84.5 cm³/mol. The summed E-state index contributed by atoms with van der Waals surface area (Å²) in [6.45, 7) is 0. The zero-order valence-electron chi connectivity index (χ0n) is 11.4. The molecule has 0 aliphatic carbocycles. The number of rotatable bonds is 3. The second-order valence-electron chi connectivity index (χ2n) is 4.82. The molecular weight excluding hydrogens is 259 g/mol. The van der Waals surface area contributed by atoms with Gasteiger partial charge in [-0.2, -0.15) is 0 Å². The van der Waals surface area contributed by atoms with Gasteiger partial charge in [0.2, 0.25) is 0 Å². The molecule has 0 aliphatic heterocycles. The number of esters is 1.